The molecule has 2 aliphatic rings. The third-order valence-electron chi connectivity index (χ3n) is 5.48. The van der Waals surface area contributed by atoms with Crippen molar-refractivity contribution in [2.24, 2.45) is 0 Å². The van der Waals surface area contributed by atoms with E-state index in [1.165, 1.54) is 0 Å². The van der Waals surface area contributed by atoms with Crippen molar-refractivity contribution in [1.82, 2.24) is 15.2 Å². The van der Waals surface area contributed by atoms with Crippen LogP contribution in [-0.2, 0) is 0 Å². The molecule has 1 aliphatic heterocycles. The van der Waals surface area contributed by atoms with Gasteiger partial charge in [-0.15, -0.1) is 0 Å². The molecule has 1 N–H and O–H groups in total. The fraction of sp³-hybridized carbons (Fsp3) is 0.409. The lowest BCUT2D eigenvalue weighted by Crippen LogP contribution is -2.42. The molecule has 2 heterocycles. The molecule has 1 aromatic carbocycles. The fourth-order valence-electron chi connectivity index (χ4n) is 3.44. The van der Waals surface area contributed by atoms with Crippen LogP contribution in [0.5, 0.6) is 5.75 Å². The second-order valence-electron chi connectivity index (χ2n) is 7.86. The zero-order chi connectivity index (χ0) is 19.6. The molecule has 6 nitrogen and oxygen atoms in total. The molecule has 4 rings (SSSR count). The minimum absolute atomic E-state index is 0.00371. The van der Waals surface area contributed by atoms with Crippen LogP contribution in [0.1, 0.15) is 53.3 Å². The topological polar surface area (TPSA) is 71.5 Å². The zero-order valence-corrected chi connectivity index (χ0v) is 16.1. The number of nitrogens with one attached hydrogen (secondary N) is 1. The number of hydrogen-bond donors (Lipinski definition) is 1. The van der Waals surface area contributed by atoms with Gasteiger partial charge in [-0.2, -0.15) is 0 Å². The predicted molar refractivity (Wildman–Crippen MR) is 105 cm³/mol. The molecule has 1 saturated heterocycles. The molecule has 0 atom stereocenters. The van der Waals surface area contributed by atoms with Crippen LogP contribution < -0.4 is 10.1 Å². The summed E-state index contributed by atoms with van der Waals surface area (Å²) in [4.78, 5) is 31.0. The first kappa shape index (κ1) is 18.5. The monoisotopic (exact) mass is 379 g/mol. The van der Waals surface area contributed by atoms with Gasteiger partial charge in [0, 0.05) is 43.9 Å². The van der Waals surface area contributed by atoms with Crippen LogP contribution in [-0.4, -0.2) is 46.4 Å². The molecular formula is C22H25N3O3. The van der Waals surface area contributed by atoms with Crippen LogP contribution in [0.4, 0.5) is 0 Å². The van der Waals surface area contributed by atoms with Gasteiger partial charge < -0.3 is 15.0 Å². The Morgan fingerprint density at radius 2 is 1.89 bits per heavy atom. The lowest BCUT2D eigenvalue weighted by atomic mass is 10.1. The van der Waals surface area contributed by atoms with Gasteiger partial charge in [0.05, 0.1) is 11.1 Å². The van der Waals surface area contributed by atoms with E-state index in [-0.39, 0.29) is 23.5 Å². The molecule has 1 aromatic heterocycles. The molecule has 0 spiro atoms. The van der Waals surface area contributed by atoms with Gasteiger partial charge in [-0.1, -0.05) is 12.1 Å². The average molecular weight is 379 g/mol. The van der Waals surface area contributed by atoms with Gasteiger partial charge in [-0.05, 0) is 44.0 Å². The van der Waals surface area contributed by atoms with Crippen molar-refractivity contribution in [3.8, 4) is 5.75 Å². The first-order valence-corrected chi connectivity index (χ1v) is 9.82. The summed E-state index contributed by atoms with van der Waals surface area (Å²) in [5.41, 5.74) is 1.12. The summed E-state index contributed by atoms with van der Waals surface area (Å²) in [5, 5.41) is 3.09. The normalized spacial score (nSPS) is 18.4. The number of likely N-dealkylation sites (tertiary alicyclic amines) is 1. The van der Waals surface area contributed by atoms with Gasteiger partial charge in [0.1, 0.15) is 11.9 Å². The average Bonchev–Trinajstić information content (AvgIpc) is 3.45. The van der Waals surface area contributed by atoms with Crippen molar-refractivity contribution in [3.05, 3.63) is 59.9 Å². The van der Waals surface area contributed by atoms with Gasteiger partial charge >= 0.3 is 0 Å². The van der Waals surface area contributed by atoms with E-state index in [0.717, 1.165) is 25.7 Å². The van der Waals surface area contributed by atoms with Crippen LogP contribution >= 0.6 is 0 Å². The summed E-state index contributed by atoms with van der Waals surface area (Å²) in [7, 11) is 0. The SMILES string of the molecule is CC1(NC(=O)c2ccccc2OC2CCN(C(=O)c3cccnc3)CC2)CC1. The molecule has 2 fully saturated rings. The second kappa shape index (κ2) is 7.62. The molecule has 28 heavy (non-hydrogen) atoms. The Labute approximate surface area is 164 Å². The van der Waals surface area contributed by atoms with E-state index in [1.54, 1.807) is 30.6 Å². The molecule has 0 bridgehead atoms. The summed E-state index contributed by atoms with van der Waals surface area (Å²) in [6.07, 6.45) is 6.76. The smallest absolute Gasteiger partial charge is 0.255 e. The highest BCUT2D eigenvalue weighted by atomic mass is 16.5. The van der Waals surface area contributed by atoms with E-state index < -0.39 is 0 Å². The summed E-state index contributed by atoms with van der Waals surface area (Å²) in [6, 6.07) is 10.9. The largest absolute Gasteiger partial charge is 0.489 e. The Morgan fingerprint density at radius 3 is 2.57 bits per heavy atom. The van der Waals surface area contributed by atoms with Crippen molar-refractivity contribution >= 4 is 11.8 Å². The Balaban J connectivity index is 1.36. The van der Waals surface area contributed by atoms with Crippen LogP contribution in [0.2, 0.25) is 0 Å². The molecule has 1 saturated carbocycles. The molecule has 2 aromatic rings. The standard InChI is InChI=1S/C22H25N3O3/c1-22(10-11-22)24-20(26)18-6-2-3-7-19(18)28-17-8-13-25(14-9-17)21(27)16-5-4-12-23-15-16/h2-7,12,15,17H,8-11,13-14H2,1H3,(H,24,26). The lowest BCUT2D eigenvalue weighted by molar-refractivity contribution is 0.0593. The fourth-order valence-corrected chi connectivity index (χ4v) is 3.44. The minimum Gasteiger partial charge on any atom is -0.489 e. The number of pyridine rings is 1. The van der Waals surface area contributed by atoms with Gasteiger partial charge in [-0.25, -0.2) is 0 Å². The summed E-state index contributed by atoms with van der Waals surface area (Å²) < 4.78 is 6.17. The number of benzene rings is 1. The third kappa shape index (κ3) is 4.16. The van der Waals surface area contributed by atoms with E-state index in [2.05, 4.69) is 17.2 Å². The highest BCUT2D eigenvalue weighted by Gasteiger charge is 2.39. The molecule has 146 valence electrons. The van der Waals surface area contributed by atoms with Gasteiger partial charge in [0.15, 0.2) is 0 Å². The van der Waals surface area contributed by atoms with Crippen molar-refractivity contribution < 1.29 is 14.3 Å². The zero-order valence-electron chi connectivity index (χ0n) is 16.1. The van der Waals surface area contributed by atoms with E-state index in [9.17, 15) is 9.59 Å². The van der Waals surface area contributed by atoms with Crippen molar-refractivity contribution in [2.45, 2.75) is 44.2 Å². The lowest BCUT2D eigenvalue weighted by Gasteiger charge is -2.32. The van der Waals surface area contributed by atoms with Crippen LogP contribution in [0.25, 0.3) is 0 Å². The van der Waals surface area contributed by atoms with Crippen LogP contribution in [0.3, 0.4) is 0 Å². The highest BCUT2D eigenvalue weighted by Crippen LogP contribution is 2.35. The number of nitrogens with zero attached hydrogens (tertiary/aromatic N) is 2. The first-order chi connectivity index (χ1) is 13.5. The van der Waals surface area contributed by atoms with E-state index in [1.807, 2.05) is 23.1 Å². The third-order valence-corrected chi connectivity index (χ3v) is 5.48. The Hall–Kier alpha value is -2.89. The van der Waals surface area contributed by atoms with Crippen molar-refractivity contribution in [1.29, 1.82) is 0 Å². The van der Waals surface area contributed by atoms with Gasteiger partial charge in [-0.3, -0.25) is 14.6 Å². The number of carbonyl (C=O) groups excluding carboxylic acids is 2. The number of ether oxygens (including phenoxy) is 1. The maximum atomic E-state index is 12.6. The number of amides is 2. The van der Waals surface area contributed by atoms with Crippen LogP contribution in [0, 0.1) is 0 Å². The van der Waals surface area contributed by atoms with Crippen LogP contribution in [0.15, 0.2) is 48.8 Å². The molecule has 1 aliphatic carbocycles. The Bertz CT molecular complexity index is 856. The quantitative estimate of drug-likeness (QED) is 0.867. The Kier molecular flexibility index (Phi) is 5.03. The summed E-state index contributed by atoms with van der Waals surface area (Å²) in [5.74, 6) is 0.532. The van der Waals surface area contributed by atoms with E-state index in [0.29, 0.717) is 30.0 Å². The van der Waals surface area contributed by atoms with Crippen molar-refractivity contribution in [2.75, 3.05) is 13.1 Å². The molecular weight excluding hydrogens is 354 g/mol. The van der Waals surface area contributed by atoms with Gasteiger partial charge in [0.2, 0.25) is 0 Å². The maximum absolute atomic E-state index is 12.6. The maximum Gasteiger partial charge on any atom is 0.255 e. The molecule has 0 unspecified atom stereocenters. The number of carbonyl (C=O) groups is 2. The number of para-hydroxylation sites is 1. The number of aromatic nitrogens is 1. The molecule has 6 heteroatoms. The Morgan fingerprint density at radius 1 is 1.14 bits per heavy atom. The highest BCUT2D eigenvalue weighted by molar-refractivity contribution is 5.97. The minimum atomic E-state index is -0.0835. The number of piperidine rings is 1. The van der Waals surface area contributed by atoms with E-state index in [4.69, 9.17) is 4.74 Å². The van der Waals surface area contributed by atoms with Crippen molar-refractivity contribution in [3.63, 3.8) is 0 Å². The first-order valence-electron chi connectivity index (χ1n) is 9.82. The summed E-state index contributed by atoms with van der Waals surface area (Å²) in [6.45, 7) is 3.32. The molecule has 2 amide bonds. The molecule has 0 radical (unpaired) electrons. The van der Waals surface area contributed by atoms with E-state index >= 15 is 0 Å². The van der Waals surface area contributed by atoms with Gasteiger partial charge in [0.25, 0.3) is 11.8 Å². The number of rotatable bonds is 5. The predicted octanol–water partition coefficient (Wildman–Crippen LogP) is 3.05. The number of hydrogen-bond acceptors (Lipinski definition) is 4. The second-order valence-corrected chi connectivity index (χ2v) is 7.86. The summed E-state index contributed by atoms with van der Waals surface area (Å²) >= 11 is 0.